The molecule has 0 saturated carbocycles. The lowest BCUT2D eigenvalue weighted by Gasteiger charge is -2.16. The molecule has 82 valence electrons. The average molecular weight is 399 g/mol. The molecule has 1 aliphatic heterocycles. The summed E-state index contributed by atoms with van der Waals surface area (Å²) in [4.78, 5) is 0.278. The summed E-state index contributed by atoms with van der Waals surface area (Å²) in [5, 5.41) is 0. The van der Waals surface area contributed by atoms with Crippen molar-refractivity contribution in [2.45, 2.75) is 18.2 Å². The first-order valence-electron chi connectivity index (χ1n) is 4.80. The van der Waals surface area contributed by atoms with E-state index in [-0.39, 0.29) is 4.83 Å². The second kappa shape index (κ2) is 4.86. The van der Waals surface area contributed by atoms with E-state index in [1.54, 1.807) is 0 Å². The minimum atomic E-state index is 0.278. The number of benzene rings is 1. The predicted molar refractivity (Wildman–Crippen MR) is 72.8 cm³/mol. The van der Waals surface area contributed by atoms with Gasteiger partial charge in [-0.1, -0.05) is 47.8 Å². The van der Waals surface area contributed by atoms with E-state index in [1.807, 2.05) is 0 Å². The smallest absolute Gasteiger partial charge is 0.0643 e. The number of aryl methyl sites for hydroxylation is 1. The molecule has 2 rings (SSSR count). The van der Waals surface area contributed by atoms with Crippen molar-refractivity contribution < 1.29 is 4.74 Å². The highest BCUT2D eigenvalue weighted by molar-refractivity contribution is 9.11. The quantitative estimate of drug-likeness (QED) is 0.583. The molecule has 0 N–H and O–H groups in total. The van der Waals surface area contributed by atoms with Crippen molar-refractivity contribution in [1.82, 2.24) is 0 Å². The summed E-state index contributed by atoms with van der Waals surface area (Å²) in [5.41, 5.74) is 3.94. The van der Waals surface area contributed by atoms with Gasteiger partial charge in [-0.05, 0) is 36.1 Å². The molecule has 0 aromatic heterocycles. The van der Waals surface area contributed by atoms with E-state index in [0.29, 0.717) is 0 Å². The fourth-order valence-electron chi connectivity index (χ4n) is 1.84. The van der Waals surface area contributed by atoms with Crippen LogP contribution in [0.25, 0.3) is 0 Å². The zero-order chi connectivity index (χ0) is 11.0. The highest BCUT2D eigenvalue weighted by Crippen LogP contribution is 2.40. The van der Waals surface area contributed by atoms with Crippen LogP contribution in [0.5, 0.6) is 0 Å². The van der Waals surface area contributed by atoms with Crippen molar-refractivity contribution in [2.75, 3.05) is 13.2 Å². The van der Waals surface area contributed by atoms with Gasteiger partial charge < -0.3 is 4.74 Å². The summed E-state index contributed by atoms with van der Waals surface area (Å²) in [5.74, 6) is 0. The zero-order valence-electron chi connectivity index (χ0n) is 8.32. The molecule has 4 heteroatoms. The molecule has 1 unspecified atom stereocenters. The molecule has 0 bridgehead atoms. The van der Waals surface area contributed by atoms with Crippen LogP contribution < -0.4 is 0 Å². The summed E-state index contributed by atoms with van der Waals surface area (Å²) in [6, 6.07) is 2.16. The number of alkyl halides is 1. The summed E-state index contributed by atoms with van der Waals surface area (Å²) < 4.78 is 7.94. The maximum atomic E-state index is 5.55. The SMILES string of the molecule is Cc1cc(Br)c2c(c1Br)C(Br)COCC2. The van der Waals surface area contributed by atoms with E-state index in [2.05, 4.69) is 60.8 Å². The number of halogens is 3. The van der Waals surface area contributed by atoms with Crippen LogP contribution in [-0.4, -0.2) is 13.2 Å². The molecule has 1 nitrogen and oxygen atoms in total. The normalized spacial score (nSPS) is 20.9. The van der Waals surface area contributed by atoms with Gasteiger partial charge in [-0.15, -0.1) is 0 Å². The molecular weight excluding hydrogens is 388 g/mol. The van der Waals surface area contributed by atoms with Crippen molar-refractivity contribution in [2.24, 2.45) is 0 Å². The first-order chi connectivity index (χ1) is 7.11. The predicted octanol–water partition coefficient (Wildman–Crippen LogP) is 4.53. The molecule has 0 radical (unpaired) electrons. The van der Waals surface area contributed by atoms with Crippen LogP contribution in [-0.2, 0) is 11.2 Å². The zero-order valence-corrected chi connectivity index (χ0v) is 13.1. The molecule has 0 saturated heterocycles. The molecule has 0 aliphatic carbocycles. The number of ether oxygens (including phenoxy) is 1. The highest BCUT2D eigenvalue weighted by atomic mass is 79.9. The van der Waals surface area contributed by atoms with Crippen molar-refractivity contribution >= 4 is 47.8 Å². The maximum Gasteiger partial charge on any atom is 0.0643 e. The lowest BCUT2D eigenvalue weighted by molar-refractivity contribution is 0.145. The van der Waals surface area contributed by atoms with Crippen LogP contribution in [0.15, 0.2) is 15.0 Å². The van der Waals surface area contributed by atoms with E-state index in [4.69, 9.17) is 4.74 Å². The molecule has 0 spiro atoms. The topological polar surface area (TPSA) is 9.23 Å². The van der Waals surface area contributed by atoms with E-state index in [1.165, 1.54) is 25.6 Å². The van der Waals surface area contributed by atoms with Gasteiger partial charge in [0, 0.05) is 8.95 Å². The van der Waals surface area contributed by atoms with E-state index in [9.17, 15) is 0 Å². The van der Waals surface area contributed by atoms with Crippen molar-refractivity contribution in [1.29, 1.82) is 0 Å². The fourth-order valence-corrected chi connectivity index (χ4v) is 4.22. The highest BCUT2D eigenvalue weighted by Gasteiger charge is 2.22. The average Bonchev–Trinajstić information content (AvgIpc) is 2.37. The third kappa shape index (κ3) is 2.33. The lowest BCUT2D eigenvalue weighted by Crippen LogP contribution is -2.01. The molecule has 1 aromatic rings. The van der Waals surface area contributed by atoms with Crippen LogP contribution in [0.3, 0.4) is 0 Å². The van der Waals surface area contributed by atoms with E-state index in [0.717, 1.165) is 19.6 Å². The maximum absolute atomic E-state index is 5.55. The van der Waals surface area contributed by atoms with Gasteiger partial charge in [0.05, 0.1) is 18.0 Å². The Balaban J connectivity index is 2.63. The van der Waals surface area contributed by atoms with Crippen molar-refractivity contribution in [3.63, 3.8) is 0 Å². The molecule has 1 aliphatic rings. The van der Waals surface area contributed by atoms with Crippen LogP contribution in [0.1, 0.15) is 21.5 Å². The second-order valence-electron chi connectivity index (χ2n) is 3.67. The van der Waals surface area contributed by atoms with E-state index >= 15 is 0 Å². The van der Waals surface area contributed by atoms with Gasteiger partial charge in [0.2, 0.25) is 0 Å². The van der Waals surface area contributed by atoms with Gasteiger partial charge >= 0.3 is 0 Å². The van der Waals surface area contributed by atoms with Gasteiger partial charge in [0.25, 0.3) is 0 Å². The first-order valence-corrected chi connectivity index (χ1v) is 7.30. The molecule has 1 aromatic carbocycles. The van der Waals surface area contributed by atoms with Gasteiger partial charge in [-0.3, -0.25) is 0 Å². The van der Waals surface area contributed by atoms with Gasteiger partial charge in [-0.25, -0.2) is 0 Å². The Morgan fingerprint density at radius 2 is 2.13 bits per heavy atom. The van der Waals surface area contributed by atoms with Crippen LogP contribution >= 0.6 is 47.8 Å². The van der Waals surface area contributed by atoms with Crippen molar-refractivity contribution in [3.8, 4) is 0 Å². The van der Waals surface area contributed by atoms with Gasteiger partial charge in [0.15, 0.2) is 0 Å². The lowest BCUT2D eigenvalue weighted by atomic mass is 10.0. The summed E-state index contributed by atoms with van der Waals surface area (Å²) in [6.45, 7) is 3.64. The Morgan fingerprint density at radius 3 is 2.87 bits per heavy atom. The third-order valence-electron chi connectivity index (χ3n) is 2.61. The van der Waals surface area contributed by atoms with Gasteiger partial charge in [0.1, 0.15) is 0 Å². The minimum Gasteiger partial charge on any atom is -0.380 e. The largest absolute Gasteiger partial charge is 0.380 e. The van der Waals surface area contributed by atoms with Crippen molar-refractivity contribution in [3.05, 3.63) is 31.7 Å². The Morgan fingerprint density at radius 1 is 1.40 bits per heavy atom. The number of hydrogen-bond donors (Lipinski definition) is 0. The fraction of sp³-hybridized carbons (Fsp3) is 0.455. The Hall–Kier alpha value is 0.620. The molecule has 1 atom stereocenters. The molecule has 0 amide bonds. The number of hydrogen-bond acceptors (Lipinski definition) is 1. The summed E-state index contributed by atoms with van der Waals surface area (Å²) in [7, 11) is 0. The summed E-state index contributed by atoms with van der Waals surface area (Å²) >= 11 is 11.0. The first kappa shape index (κ1) is 12.1. The molecule has 0 fully saturated rings. The Labute approximate surface area is 115 Å². The summed E-state index contributed by atoms with van der Waals surface area (Å²) in [6.07, 6.45) is 0.969. The third-order valence-corrected chi connectivity index (χ3v) is 5.10. The molecule has 15 heavy (non-hydrogen) atoms. The number of rotatable bonds is 0. The molecular formula is C11H11Br3O. The standard InChI is InChI=1S/C11H11Br3O/c1-6-4-8(12)7-2-3-15-5-9(13)10(7)11(6)14/h4,9H,2-3,5H2,1H3. The Bertz CT molecular complexity index is 390. The second-order valence-corrected chi connectivity index (χ2v) is 6.43. The molecule has 1 heterocycles. The van der Waals surface area contributed by atoms with Crippen LogP contribution in [0.2, 0.25) is 0 Å². The van der Waals surface area contributed by atoms with Crippen LogP contribution in [0, 0.1) is 6.92 Å². The van der Waals surface area contributed by atoms with Gasteiger partial charge in [-0.2, -0.15) is 0 Å². The monoisotopic (exact) mass is 396 g/mol. The van der Waals surface area contributed by atoms with E-state index < -0.39 is 0 Å². The van der Waals surface area contributed by atoms with Crippen LogP contribution in [0.4, 0.5) is 0 Å². The Kier molecular flexibility index (Phi) is 3.92. The minimum absolute atomic E-state index is 0.278. The number of fused-ring (bicyclic) bond motifs is 1.